The molecule has 2 aromatic carbocycles. The van der Waals surface area contributed by atoms with E-state index < -0.39 is 11.7 Å². The van der Waals surface area contributed by atoms with Crippen LogP contribution in [0.15, 0.2) is 42.5 Å². The fourth-order valence-corrected chi connectivity index (χ4v) is 3.71. The average molecular weight is 382 g/mol. The molecule has 0 radical (unpaired) electrons. The predicted octanol–water partition coefficient (Wildman–Crippen LogP) is 5.06. The highest BCUT2D eigenvalue weighted by atomic mass is 19.1. The second kappa shape index (κ2) is 8.13. The van der Waals surface area contributed by atoms with Crippen LogP contribution in [0.25, 0.3) is 0 Å². The standard InChI is InChI=1S/C23H27FN2O2/c1-14(2)17-8-7-9-18(15(3)4)22(17)25-23(28)16-12-21(27)26(13-16)20-11-6-5-10-19(20)24/h5-11,14-16H,12-13H2,1-4H3,(H,25,28). The molecule has 0 bridgehead atoms. The van der Waals surface area contributed by atoms with Crippen molar-refractivity contribution in [1.29, 1.82) is 0 Å². The van der Waals surface area contributed by atoms with E-state index in [1.165, 1.54) is 11.0 Å². The van der Waals surface area contributed by atoms with E-state index in [1.54, 1.807) is 18.2 Å². The van der Waals surface area contributed by atoms with Gasteiger partial charge in [0, 0.05) is 18.7 Å². The lowest BCUT2D eigenvalue weighted by molar-refractivity contribution is -0.122. The van der Waals surface area contributed by atoms with Gasteiger partial charge in [0.1, 0.15) is 5.82 Å². The Morgan fingerprint density at radius 3 is 2.21 bits per heavy atom. The summed E-state index contributed by atoms with van der Waals surface area (Å²) in [7, 11) is 0. The molecule has 1 saturated heterocycles. The van der Waals surface area contributed by atoms with Crippen LogP contribution in [0.1, 0.15) is 57.1 Å². The fraction of sp³-hybridized carbons (Fsp3) is 0.391. The molecule has 3 rings (SSSR count). The number of carbonyl (C=O) groups excluding carboxylic acids is 2. The van der Waals surface area contributed by atoms with Crippen LogP contribution < -0.4 is 10.2 Å². The van der Waals surface area contributed by atoms with Crippen molar-refractivity contribution < 1.29 is 14.0 Å². The van der Waals surface area contributed by atoms with Crippen LogP contribution in [0.4, 0.5) is 15.8 Å². The number of hydrogen-bond acceptors (Lipinski definition) is 2. The lowest BCUT2D eigenvalue weighted by atomic mass is 9.92. The van der Waals surface area contributed by atoms with Crippen LogP contribution >= 0.6 is 0 Å². The fourth-order valence-electron chi connectivity index (χ4n) is 3.71. The zero-order valence-corrected chi connectivity index (χ0v) is 16.8. The van der Waals surface area contributed by atoms with Crippen molar-refractivity contribution in [3.63, 3.8) is 0 Å². The number of carbonyl (C=O) groups is 2. The Balaban J connectivity index is 1.83. The molecule has 1 fully saturated rings. The molecule has 2 aromatic rings. The molecule has 1 atom stereocenters. The maximum absolute atomic E-state index is 14.1. The molecule has 0 spiro atoms. The summed E-state index contributed by atoms with van der Waals surface area (Å²) in [4.78, 5) is 26.8. The monoisotopic (exact) mass is 382 g/mol. The first kappa shape index (κ1) is 20.1. The van der Waals surface area contributed by atoms with Crippen molar-refractivity contribution in [2.75, 3.05) is 16.8 Å². The first-order valence-corrected chi connectivity index (χ1v) is 9.78. The Morgan fingerprint density at radius 1 is 1.04 bits per heavy atom. The third-order valence-electron chi connectivity index (χ3n) is 5.26. The highest BCUT2D eigenvalue weighted by Gasteiger charge is 2.36. The number of amides is 2. The number of nitrogens with zero attached hydrogens (tertiary/aromatic N) is 1. The molecular weight excluding hydrogens is 355 g/mol. The van der Waals surface area contributed by atoms with Gasteiger partial charge in [-0.15, -0.1) is 0 Å². The van der Waals surface area contributed by atoms with E-state index in [2.05, 4.69) is 33.0 Å². The minimum absolute atomic E-state index is 0.0844. The largest absolute Gasteiger partial charge is 0.325 e. The van der Waals surface area contributed by atoms with Gasteiger partial charge in [0.2, 0.25) is 11.8 Å². The molecule has 1 heterocycles. The molecule has 1 aliphatic heterocycles. The third kappa shape index (κ3) is 3.93. The number of rotatable bonds is 5. The Morgan fingerprint density at radius 2 is 1.64 bits per heavy atom. The van der Waals surface area contributed by atoms with E-state index in [-0.39, 0.29) is 42.3 Å². The van der Waals surface area contributed by atoms with E-state index in [1.807, 2.05) is 18.2 Å². The van der Waals surface area contributed by atoms with E-state index in [9.17, 15) is 14.0 Å². The SMILES string of the molecule is CC(C)c1cccc(C(C)C)c1NC(=O)C1CC(=O)N(c2ccccc2F)C1. The van der Waals surface area contributed by atoms with Gasteiger partial charge in [-0.3, -0.25) is 9.59 Å². The van der Waals surface area contributed by atoms with Gasteiger partial charge >= 0.3 is 0 Å². The van der Waals surface area contributed by atoms with Crippen molar-refractivity contribution in [2.24, 2.45) is 5.92 Å². The van der Waals surface area contributed by atoms with Crippen molar-refractivity contribution in [2.45, 2.75) is 46.0 Å². The zero-order valence-electron chi connectivity index (χ0n) is 16.8. The van der Waals surface area contributed by atoms with Gasteiger partial charge in [0.15, 0.2) is 0 Å². The third-order valence-corrected chi connectivity index (χ3v) is 5.26. The van der Waals surface area contributed by atoms with Gasteiger partial charge in [0.05, 0.1) is 11.6 Å². The number of anilines is 2. The predicted molar refractivity (Wildman–Crippen MR) is 110 cm³/mol. The minimum atomic E-state index is -0.507. The molecule has 0 saturated carbocycles. The lowest BCUT2D eigenvalue weighted by Crippen LogP contribution is -2.29. The van der Waals surface area contributed by atoms with Gasteiger partial charge in [-0.1, -0.05) is 58.0 Å². The van der Waals surface area contributed by atoms with Crippen LogP contribution in [0.2, 0.25) is 0 Å². The molecule has 148 valence electrons. The minimum Gasteiger partial charge on any atom is -0.325 e. The highest BCUT2D eigenvalue weighted by molar-refractivity contribution is 6.04. The molecular formula is C23H27FN2O2. The van der Waals surface area contributed by atoms with Crippen molar-refractivity contribution in [1.82, 2.24) is 0 Å². The van der Waals surface area contributed by atoms with Crippen LogP contribution in [0.5, 0.6) is 0 Å². The normalized spacial score (nSPS) is 16.9. The Bertz CT molecular complexity index is 866. The second-order valence-corrected chi connectivity index (χ2v) is 7.97. The van der Waals surface area contributed by atoms with Crippen LogP contribution in [0.3, 0.4) is 0 Å². The number of hydrogen-bond donors (Lipinski definition) is 1. The first-order valence-electron chi connectivity index (χ1n) is 9.78. The number of nitrogens with one attached hydrogen (secondary N) is 1. The van der Waals surface area contributed by atoms with E-state index in [0.29, 0.717) is 0 Å². The molecule has 1 unspecified atom stereocenters. The molecule has 2 amide bonds. The highest BCUT2D eigenvalue weighted by Crippen LogP contribution is 2.34. The van der Waals surface area contributed by atoms with Gasteiger partial charge in [-0.25, -0.2) is 4.39 Å². The number of benzene rings is 2. The topological polar surface area (TPSA) is 49.4 Å². The van der Waals surface area contributed by atoms with E-state index in [4.69, 9.17) is 0 Å². The summed E-state index contributed by atoms with van der Waals surface area (Å²) in [5.41, 5.74) is 3.23. The summed E-state index contributed by atoms with van der Waals surface area (Å²) < 4.78 is 14.1. The van der Waals surface area contributed by atoms with Crippen molar-refractivity contribution >= 4 is 23.2 Å². The number of halogens is 1. The Kier molecular flexibility index (Phi) is 5.82. The van der Waals surface area contributed by atoms with E-state index in [0.717, 1.165) is 16.8 Å². The van der Waals surface area contributed by atoms with Gasteiger partial charge in [-0.2, -0.15) is 0 Å². The zero-order chi connectivity index (χ0) is 20.4. The first-order chi connectivity index (χ1) is 13.3. The molecule has 28 heavy (non-hydrogen) atoms. The van der Waals surface area contributed by atoms with Crippen molar-refractivity contribution in [3.8, 4) is 0 Å². The maximum Gasteiger partial charge on any atom is 0.229 e. The maximum atomic E-state index is 14.1. The summed E-state index contributed by atoms with van der Waals surface area (Å²) in [6.45, 7) is 8.55. The van der Waals surface area contributed by atoms with Gasteiger partial charge in [0.25, 0.3) is 0 Å². The smallest absolute Gasteiger partial charge is 0.229 e. The molecule has 4 nitrogen and oxygen atoms in total. The van der Waals surface area contributed by atoms with Gasteiger partial charge in [-0.05, 0) is 35.1 Å². The van der Waals surface area contributed by atoms with Crippen LogP contribution in [-0.4, -0.2) is 18.4 Å². The quantitative estimate of drug-likeness (QED) is 0.785. The molecule has 1 aliphatic rings. The summed E-state index contributed by atoms with van der Waals surface area (Å²) in [6, 6.07) is 12.2. The molecule has 0 aliphatic carbocycles. The summed E-state index contributed by atoms with van der Waals surface area (Å²) in [5, 5.41) is 3.08. The number of para-hydroxylation sites is 2. The molecule has 1 N–H and O–H groups in total. The summed E-state index contributed by atoms with van der Waals surface area (Å²) in [5.74, 6) is -0.867. The molecule has 5 heteroatoms. The molecule has 0 aromatic heterocycles. The Labute approximate surface area is 165 Å². The summed E-state index contributed by atoms with van der Waals surface area (Å²) in [6.07, 6.45) is 0.0844. The lowest BCUT2D eigenvalue weighted by Gasteiger charge is -2.22. The Hall–Kier alpha value is -2.69. The second-order valence-electron chi connectivity index (χ2n) is 7.97. The van der Waals surface area contributed by atoms with Crippen LogP contribution in [0, 0.1) is 11.7 Å². The van der Waals surface area contributed by atoms with E-state index >= 15 is 0 Å². The average Bonchev–Trinajstić information content (AvgIpc) is 3.03. The van der Waals surface area contributed by atoms with Crippen molar-refractivity contribution in [3.05, 3.63) is 59.4 Å². The summed E-state index contributed by atoms with van der Waals surface area (Å²) >= 11 is 0. The van der Waals surface area contributed by atoms with Crippen LogP contribution in [-0.2, 0) is 9.59 Å². The van der Waals surface area contributed by atoms with Gasteiger partial charge < -0.3 is 10.2 Å².